The molecule has 0 spiro atoms. The van der Waals surface area contributed by atoms with Crippen LogP contribution in [-0.4, -0.2) is 23.6 Å². The van der Waals surface area contributed by atoms with Gasteiger partial charge in [-0.05, 0) is 19.1 Å². The Kier molecular flexibility index (Phi) is 5.68. The number of pyridine rings is 1. The molecule has 0 aliphatic rings. The Labute approximate surface area is 128 Å². The fourth-order valence-corrected chi connectivity index (χ4v) is 2.03. The first-order valence-electron chi connectivity index (χ1n) is 6.28. The number of nitrogens with zero attached hydrogens (tertiary/aromatic N) is 2. The molecule has 0 unspecified atom stereocenters. The number of nitrogens with two attached hydrogens (primary N) is 1. The quantitative estimate of drug-likeness (QED) is 0.517. The molecule has 7 heteroatoms. The predicted octanol–water partition coefficient (Wildman–Crippen LogP) is 3.28. The van der Waals surface area contributed by atoms with Crippen LogP contribution in [0.4, 0.5) is 11.4 Å². The number of hydrogen-bond acceptors (Lipinski definition) is 6. The minimum atomic E-state index is -0.536. The highest BCUT2D eigenvalue weighted by atomic mass is 16.6. The Morgan fingerprint density at radius 1 is 1.32 bits per heavy atom. The van der Waals surface area contributed by atoms with Crippen LogP contribution in [0.2, 0.25) is 0 Å². The first kappa shape index (κ1) is 17.2. The normalized spacial score (nSPS) is 9.73. The Balaban J connectivity index is 0.00000242. The van der Waals surface area contributed by atoms with E-state index in [0.717, 1.165) is 0 Å². The summed E-state index contributed by atoms with van der Waals surface area (Å²) in [6, 6.07) is 4.69. The van der Waals surface area contributed by atoms with Gasteiger partial charge in [-0.2, -0.15) is 0 Å². The standard InChI is InChI=1S/C14H15N3O4.CH4/c1-3-21-14-10(4-5-11(13(14)15)17(18)19)9-6-7-16-8-12(9)20-2;/h4-8H,3,15H2,1-2H3;1H4. The van der Waals surface area contributed by atoms with Crippen LogP contribution < -0.4 is 15.2 Å². The molecule has 0 aliphatic carbocycles. The van der Waals surface area contributed by atoms with E-state index in [4.69, 9.17) is 15.2 Å². The van der Waals surface area contributed by atoms with Gasteiger partial charge in [0.25, 0.3) is 5.69 Å². The third-order valence-electron chi connectivity index (χ3n) is 2.95. The number of aromatic nitrogens is 1. The number of nitro benzene ring substituents is 1. The number of nitro groups is 1. The largest absolute Gasteiger partial charge is 0.494 e. The number of anilines is 1. The molecular weight excluding hydrogens is 286 g/mol. The van der Waals surface area contributed by atoms with Gasteiger partial charge in [-0.1, -0.05) is 7.43 Å². The van der Waals surface area contributed by atoms with E-state index in [-0.39, 0.29) is 24.6 Å². The van der Waals surface area contributed by atoms with Crippen molar-refractivity contribution in [1.82, 2.24) is 4.98 Å². The molecule has 0 saturated carbocycles. The van der Waals surface area contributed by atoms with Gasteiger partial charge in [-0.3, -0.25) is 15.1 Å². The molecular formula is C15H19N3O4. The van der Waals surface area contributed by atoms with E-state index in [9.17, 15) is 10.1 Å². The van der Waals surface area contributed by atoms with E-state index in [1.165, 1.54) is 13.2 Å². The summed E-state index contributed by atoms with van der Waals surface area (Å²) in [6.45, 7) is 2.12. The highest BCUT2D eigenvalue weighted by Crippen LogP contribution is 2.43. The van der Waals surface area contributed by atoms with Crippen LogP contribution in [0.5, 0.6) is 11.5 Å². The van der Waals surface area contributed by atoms with Crippen molar-refractivity contribution in [3.05, 3.63) is 40.7 Å². The minimum absolute atomic E-state index is 0. The van der Waals surface area contributed by atoms with E-state index in [1.807, 2.05) is 0 Å². The van der Waals surface area contributed by atoms with E-state index in [1.54, 1.807) is 31.5 Å². The van der Waals surface area contributed by atoms with Crippen molar-refractivity contribution in [3.8, 4) is 22.6 Å². The van der Waals surface area contributed by atoms with Crippen LogP contribution in [0, 0.1) is 10.1 Å². The molecule has 2 N–H and O–H groups in total. The zero-order valence-corrected chi connectivity index (χ0v) is 11.7. The Morgan fingerprint density at radius 2 is 2.05 bits per heavy atom. The molecule has 1 heterocycles. The molecule has 7 nitrogen and oxygen atoms in total. The van der Waals surface area contributed by atoms with E-state index in [0.29, 0.717) is 23.5 Å². The van der Waals surface area contributed by atoms with Gasteiger partial charge in [0.05, 0.1) is 24.8 Å². The molecule has 22 heavy (non-hydrogen) atoms. The summed E-state index contributed by atoms with van der Waals surface area (Å²) in [5.41, 5.74) is 7.02. The third kappa shape index (κ3) is 3.08. The highest BCUT2D eigenvalue weighted by Gasteiger charge is 2.21. The number of rotatable bonds is 5. The van der Waals surface area contributed by atoms with Gasteiger partial charge < -0.3 is 15.2 Å². The van der Waals surface area contributed by atoms with Gasteiger partial charge in [0, 0.05) is 23.4 Å². The smallest absolute Gasteiger partial charge is 0.295 e. The second-order valence-electron chi connectivity index (χ2n) is 4.14. The predicted molar refractivity (Wildman–Crippen MR) is 85.2 cm³/mol. The summed E-state index contributed by atoms with van der Waals surface area (Å²) in [7, 11) is 1.52. The van der Waals surface area contributed by atoms with Crippen LogP contribution in [0.1, 0.15) is 14.4 Å². The molecule has 0 radical (unpaired) electrons. The van der Waals surface area contributed by atoms with Crippen molar-refractivity contribution in [2.45, 2.75) is 14.4 Å². The molecule has 0 fully saturated rings. The summed E-state index contributed by atoms with van der Waals surface area (Å²) in [6.07, 6.45) is 3.16. The van der Waals surface area contributed by atoms with Gasteiger partial charge >= 0.3 is 0 Å². The van der Waals surface area contributed by atoms with Crippen molar-refractivity contribution in [1.29, 1.82) is 0 Å². The number of ether oxygens (including phenoxy) is 2. The lowest BCUT2D eigenvalue weighted by molar-refractivity contribution is -0.383. The Hall–Kier alpha value is -2.83. The molecule has 0 aliphatic heterocycles. The van der Waals surface area contributed by atoms with Gasteiger partial charge in [0.15, 0.2) is 11.4 Å². The lowest BCUT2D eigenvalue weighted by Crippen LogP contribution is -2.03. The fourth-order valence-electron chi connectivity index (χ4n) is 2.03. The fraction of sp³-hybridized carbons (Fsp3) is 0.267. The molecule has 1 aromatic carbocycles. The average molecular weight is 305 g/mol. The maximum absolute atomic E-state index is 11.0. The van der Waals surface area contributed by atoms with Gasteiger partial charge in [-0.25, -0.2) is 0 Å². The SMILES string of the molecule is C.CCOc1c(-c2ccncc2OC)ccc([N+](=O)[O-])c1N. The zero-order valence-electron chi connectivity index (χ0n) is 11.7. The van der Waals surface area contributed by atoms with E-state index < -0.39 is 4.92 Å². The third-order valence-corrected chi connectivity index (χ3v) is 2.95. The van der Waals surface area contributed by atoms with Crippen LogP contribution in [0.15, 0.2) is 30.6 Å². The van der Waals surface area contributed by atoms with Crippen LogP contribution in [-0.2, 0) is 0 Å². The summed E-state index contributed by atoms with van der Waals surface area (Å²) in [4.78, 5) is 14.4. The van der Waals surface area contributed by atoms with Crippen molar-refractivity contribution in [3.63, 3.8) is 0 Å². The summed E-state index contributed by atoms with van der Waals surface area (Å²) < 4.78 is 10.8. The molecule has 0 amide bonds. The molecule has 1 aromatic heterocycles. The van der Waals surface area contributed by atoms with Crippen molar-refractivity contribution < 1.29 is 14.4 Å². The zero-order chi connectivity index (χ0) is 15.4. The van der Waals surface area contributed by atoms with Crippen LogP contribution in [0.25, 0.3) is 11.1 Å². The van der Waals surface area contributed by atoms with Gasteiger partial charge in [-0.15, -0.1) is 0 Å². The van der Waals surface area contributed by atoms with Gasteiger partial charge in [0.2, 0.25) is 0 Å². The lowest BCUT2D eigenvalue weighted by Gasteiger charge is -2.14. The van der Waals surface area contributed by atoms with Crippen molar-refractivity contribution in [2.24, 2.45) is 0 Å². The molecule has 2 aromatic rings. The van der Waals surface area contributed by atoms with Gasteiger partial charge in [0.1, 0.15) is 5.75 Å². The Bertz CT molecular complexity index is 674. The molecule has 118 valence electrons. The van der Waals surface area contributed by atoms with E-state index >= 15 is 0 Å². The van der Waals surface area contributed by atoms with Crippen LogP contribution >= 0.6 is 0 Å². The average Bonchev–Trinajstić information content (AvgIpc) is 2.49. The van der Waals surface area contributed by atoms with Crippen molar-refractivity contribution in [2.75, 3.05) is 19.5 Å². The summed E-state index contributed by atoms with van der Waals surface area (Å²) in [5.74, 6) is 0.808. The molecule has 0 bridgehead atoms. The molecule has 0 atom stereocenters. The molecule has 2 rings (SSSR count). The minimum Gasteiger partial charge on any atom is -0.494 e. The summed E-state index contributed by atoms with van der Waals surface area (Å²) in [5, 5.41) is 11.0. The van der Waals surface area contributed by atoms with E-state index in [2.05, 4.69) is 4.98 Å². The maximum Gasteiger partial charge on any atom is 0.295 e. The monoisotopic (exact) mass is 305 g/mol. The van der Waals surface area contributed by atoms with Crippen molar-refractivity contribution >= 4 is 11.4 Å². The second kappa shape index (κ2) is 7.26. The lowest BCUT2D eigenvalue weighted by atomic mass is 10.0. The molecule has 0 saturated heterocycles. The summed E-state index contributed by atoms with van der Waals surface area (Å²) >= 11 is 0. The number of methoxy groups -OCH3 is 1. The second-order valence-corrected chi connectivity index (χ2v) is 4.14. The Morgan fingerprint density at radius 3 is 2.64 bits per heavy atom. The first-order chi connectivity index (χ1) is 10.1. The highest BCUT2D eigenvalue weighted by molar-refractivity contribution is 5.84. The van der Waals surface area contributed by atoms with Crippen LogP contribution in [0.3, 0.4) is 0 Å². The topological polar surface area (TPSA) is 101 Å². The number of hydrogen-bond donors (Lipinski definition) is 1. The maximum atomic E-state index is 11.0. The number of nitrogen functional groups attached to an aromatic ring is 1. The first-order valence-corrected chi connectivity index (χ1v) is 6.28. The number of benzene rings is 1.